The van der Waals surface area contributed by atoms with Crippen molar-refractivity contribution in [1.29, 1.82) is 0 Å². The summed E-state index contributed by atoms with van der Waals surface area (Å²) in [4.78, 5) is 27.2. The molecule has 30 heavy (non-hydrogen) atoms. The Morgan fingerprint density at radius 2 is 2.13 bits per heavy atom. The number of carbonyl (C=O) groups excluding carboxylic acids is 1. The van der Waals surface area contributed by atoms with Crippen LogP contribution in [0.5, 0.6) is 0 Å². The van der Waals surface area contributed by atoms with E-state index in [1.54, 1.807) is 5.06 Å². The van der Waals surface area contributed by atoms with E-state index in [1.807, 2.05) is 27.9 Å². The minimum absolute atomic E-state index is 0.00403. The predicted molar refractivity (Wildman–Crippen MR) is 121 cm³/mol. The van der Waals surface area contributed by atoms with Crippen LogP contribution in [0, 0.1) is 5.92 Å². The number of nitrogens with zero attached hydrogens (tertiary/aromatic N) is 3. The van der Waals surface area contributed by atoms with Gasteiger partial charge in [0, 0.05) is 29.7 Å². The molecule has 0 saturated heterocycles. The Morgan fingerprint density at radius 1 is 1.33 bits per heavy atom. The van der Waals surface area contributed by atoms with Crippen molar-refractivity contribution in [3.8, 4) is 0 Å². The highest BCUT2D eigenvalue weighted by atomic mass is 16.7. The topological polar surface area (TPSA) is 51.8 Å². The maximum atomic E-state index is 13.4. The Balaban J connectivity index is 1.59. The van der Waals surface area contributed by atoms with E-state index in [2.05, 4.69) is 52.3 Å². The summed E-state index contributed by atoms with van der Waals surface area (Å²) in [5, 5.41) is 2.90. The van der Waals surface area contributed by atoms with Gasteiger partial charge in [-0.25, -0.2) is 5.06 Å². The van der Waals surface area contributed by atoms with Gasteiger partial charge in [-0.05, 0) is 77.1 Å². The first kappa shape index (κ1) is 21.1. The molecule has 1 amide bonds. The van der Waals surface area contributed by atoms with E-state index in [-0.39, 0.29) is 17.9 Å². The van der Waals surface area contributed by atoms with Gasteiger partial charge in [-0.15, -0.1) is 0 Å². The van der Waals surface area contributed by atoms with Crippen LogP contribution in [0.4, 0.5) is 0 Å². The third-order valence-corrected chi connectivity index (χ3v) is 6.25. The summed E-state index contributed by atoms with van der Waals surface area (Å²) in [6, 6.07) is 6.73. The normalized spacial score (nSPS) is 21.2. The van der Waals surface area contributed by atoms with E-state index in [0.29, 0.717) is 19.2 Å². The van der Waals surface area contributed by atoms with Gasteiger partial charge < -0.3 is 9.88 Å². The van der Waals surface area contributed by atoms with Crippen molar-refractivity contribution in [1.82, 2.24) is 19.8 Å². The molecule has 2 aromatic rings. The summed E-state index contributed by atoms with van der Waals surface area (Å²) in [7, 11) is 6.23. The molecule has 1 aliphatic carbocycles. The lowest BCUT2D eigenvalue weighted by Crippen LogP contribution is -2.49. The van der Waals surface area contributed by atoms with Gasteiger partial charge in [0.15, 0.2) is 0 Å². The van der Waals surface area contributed by atoms with Crippen molar-refractivity contribution in [3.63, 3.8) is 0 Å². The molecular weight excluding hydrogens is 376 g/mol. The number of nitrogens with one attached hydrogen (secondary N) is 1. The fraction of sp³-hybridized carbons (Fsp3) is 0.542. The minimum Gasteiger partial charge on any atom is -0.361 e. The van der Waals surface area contributed by atoms with Crippen molar-refractivity contribution in [3.05, 3.63) is 41.6 Å². The van der Waals surface area contributed by atoms with Gasteiger partial charge in [-0.1, -0.05) is 18.2 Å². The zero-order chi connectivity index (χ0) is 21.4. The standard InChI is InChI=1S/C24H34N4O2/c1-16(2)28(30-11-7-10-26(3)4)24(29)18-12-20-19-8-6-9-21-23(19)17(14-25-21)13-22(20)27(5)15-18/h6,8-9,12,14,16,18,22,25H,7,10-11,13,15H2,1-5H3/t18-,22-/m1/s1. The Bertz CT molecular complexity index is 946. The van der Waals surface area contributed by atoms with Crippen molar-refractivity contribution < 1.29 is 9.63 Å². The molecule has 1 aliphatic heterocycles. The number of likely N-dealkylation sites (N-methyl/N-ethyl adjacent to an activating group) is 1. The van der Waals surface area contributed by atoms with Gasteiger partial charge in [0.2, 0.25) is 0 Å². The quantitative estimate of drug-likeness (QED) is 0.563. The number of hydrogen-bond acceptors (Lipinski definition) is 4. The van der Waals surface area contributed by atoms with Crippen LogP contribution in [-0.2, 0) is 16.1 Å². The molecule has 0 radical (unpaired) electrons. The average Bonchev–Trinajstić information content (AvgIpc) is 3.12. The van der Waals surface area contributed by atoms with Crippen LogP contribution in [0.3, 0.4) is 0 Å². The van der Waals surface area contributed by atoms with Gasteiger partial charge >= 0.3 is 0 Å². The van der Waals surface area contributed by atoms with Crippen LogP contribution < -0.4 is 0 Å². The lowest BCUT2D eigenvalue weighted by atomic mass is 9.79. The van der Waals surface area contributed by atoms with Crippen LogP contribution in [0.1, 0.15) is 31.4 Å². The summed E-state index contributed by atoms with van der Waals surface area (Å²) < 4.78 is 0. The Hall–Kier alpha value is -2.15. The zero-order valence-electron chi connectivity index (χ0n) is 18.8. The number of benzene rings is 1. The lowest BCUT2D eigenvalue weighted by molar-refractivity contribution is -0.200. The van der Waals surface area contributed by atoms with Crippen LogP contribution in [-0.4, -0.2) is 78.7 Å². The molecule has 0 bridgehead atoms. The first-order valence-corrected chi connectivity index (χ1v) is 11.0. The predicted octanol–water partition coefficient (Wildman–Crippen LogP) is 3.16. The third-order valence-electron chi connectivity index (χ3n) is 6.25. The second-order valence-corrected chi connectivity index (χ2v) is 9.18. The van der Waals surface area contributed by atoms with E-state index in [4.69, 9.17) is 4.84 Å². The smallest absolute Gasteiger partial charge is 0.254 e. The van der Waals surface area contributed by atoms with Crippen molar-refractivity contribution >= 4 is 22.4 Å². The molecule has 4 rings (SSSR count). The molecule has 1 N–H and O–H groups in total. The van der Waals surface area contributed by atoms with Gasteiger partial charge in [-0.2, -0.15) is 0 Å². The van der Waals surface area contributed by atoms with Crippen molar-refractivity contribution in [2.45, 2.75) is 38.8 Å². The molecule has 6 nitrogen and oxygen atoms in total. The first-order chi connectivity index (χ1) is 14.4. The number of hydroxylamine groups is 2. The summed E-state index contributed by atoms with van der Waals surface area (Å²) in [5.74, 6) is -0.145. The number of aromatic amines is 1. The fourth-order valence-electron chi connectivity index (χ4n) is 4.78. The maximum absolute atomic E-state index is 13.4. The van der Waals surface area contributed by atoms with E-state index in [9.17, 15) is 4.79 Å². The van der Waals surface area contributed by atoms with E-state index in [0.717, 1.165) is 19.4 Å². The Labute approximate surface area is 179 Å². The number of hydrogen-bond donors (Lipinski definition) is 1. The van der Waals surface area contributed by atoms with Crippen molar-refractivity contribution in [2.75, 3.05) is 40.8 Å². The molecule has 0 unspecified atom stereocenters. The minimum atomic E-state index is -0.201. The van der Waals surface area contributed by atoms with Crippen LogP contribution >= 0.6 is 0 Å². The van der Waals surface area contributed by atoms with Gasteiger partial charge in [-0.3, -0.25) is 14.5 Å². The van der Waals surface area contributed by atoms with E-state index >= 15 is 0 Å². The monoisotopic (exact) mass is 410 g/mol. The summed E-state index contributed by atoms with van der Waals surface area (Å²) in [5.41, 5.74) is 5.07. The lowest BCUT2D eigenvalue weighted by Gasteiger charge is -2.40. The number of carbonyl (C=O) groups is 1. The maximum Gasteiger partial charge on any atom is 0.254 e. The summed E-state index contributed by atoms with van der Waals surface area (Å²) in [6.07, 6.45) is 6.22. The molecule has 1 aromatic carbocycles. The van der Waals surface area contributed by atoms with Crippen LogP contribution in [0.2, 0.25) is 0 Å². The zero-order valence-corrected chi connectivity index (χ0v) is 18.8. The number of rotatable bonds is 7. The molecule has 2 heterocycles. The molecule has 1 aromatic heterocycles. The number of fused-ring (bicyclic) bond motifs is 2. The molecule has 2 atom stereocenters. The van der Waals surface area contributed by atoms with E-state index < -0.39 is 0 Å². The fourth-order valence-corrected chi connectivity index (χ4v) is 4.78. The van der Waals surface area contributed by atoms with Gasteiger partial charge in [0.05, 0.1) is 18.6 Å². The van der Waals surface area contributed by atoms with Crippen LogP contribution in [0.25, 0.3) is 16.5 Å². The molecule has 0 fully saturated rings. The Morgan fingerprint density at radius 3 is 2.87 bits per heavy atom. The first-order valence-electron chi connectivity index (χ1n) is 11.0. The molecule has 162 valence electrons. The van der Waals surface area contributed by atoms with Gasteiger partial charge in [0.25, 0.3) is 5.91 Å². The molecule has 2 aliphatic rings. The van der Waals surface area contributed by atoms with Crippen LogP contribution in [0.15, 0.2) is 30.5 Å². The van der Waals surface area contributed by atoms with Gasteiger partial charge in [0.1, 0.15) is 0 Å². The molecule has 0 saturated carbocycles. The summed E-state index contributed by atoms with van der Waals surface area (Å²) >= 11 is 0. The highest BCUT2D eigenvalue weighted by molar-refractivity contribution is 5.99. The highest BCUT2D eigenvalue weighted by Crippen LogP contribution is 2.41. The molecule has 0 spiro atoms. The number of aromatic nitrogens is 1. The molecule has 6 heteroatoms. The molecular formula is C24H34N4O2. The summed E-state index contributed by atoms with van der Waals surface area (Å²) in [6.45, 7) is 6.24. The second-order valence-electron chi connectivity index (χ2n) is 9.18. The SMILES string of the molecule is CC(C)N(OCCCN(C)C)C(=O)[C@@H]1C=C2c3cccc4[nH]cc(c34)C[C@H]2N(C)C1. The van der Waals surface area contributed by atoms with Crippen molar-refractivity contribution in [2.24, 2.45) is 5.92 Å². The number of amides is 1. The Kier molecular flexibility index (Phi) is 6.00. The number of H-pyrrole nitrogens is 1. The second kappa shape index (κ2) is 8.53. The average molecular weight is 411 g/mol. The highest BCUT2D eigenvalue weighted by Gasteiger charge is 2.37. The van der Waals surface area contributed by atoms with E-state index in [1.165, 1.54) is 27.6 Å². The largest absolute Gasteiger partial charge is 0.361 e. The third kappa shape index (κ3) is 3.92.